The minimum Gasteiger partial charge on any atom is -0.870 e. The summed E-state index contributed by atoms with van der Waals surface area (Å²) in [7, 11) is 0. The second-order valence-corrected chi connectivity index (χ2v) is 8.45. The zero-order chi connectivity index (χ0) is 28.9. The van der Waals surface area contributed by atoms with Gasteiger partial charge < -0.3 is 16.5 Å². The number of anilines is 2. The molecular formula is C29H35N10NaO3. The summed E-state index contributed by atoms with van der Waals surface area (Å²) in [6, 6.07) is 7.47. The standard InChI is InChI=1S/C8H7N3O.C8H10N2O.C6H5N3.C6H8N2.CH4.Na.H2O/c1-6(12)11-8-5-9-3-2-7(8)4-10-11;1-6-3-4-9-5-8(6)10-7(2)11;1-2-7-4-6-5(1)3-8-9-6;1-5-2-3-8-4-6(5)7;;;/h2-5H,1H3;3-5H,1-2H3,(H,10,11);1-4H,(H,8,9);2-4H,7H2,1H3;1H4;;1H2/q;;;;;+1;/p-1. The molecule has 0 spiro atoms. The fourth-order valence-electron chi connectivity index (χ4n) is 3.16. The molecule has 13 nitrogen and oxygen atoms in total. The molecule has 0 radical (unpaired) electrons. The number of nitrogen functional groups attached to an aromatic ring is 1. The molecule has 43 heavy (non-hydrogen) atoms. The molecule has 0 aliphatic rings. The minimum atomic E-state index is -0.0991. The van der Waals surface area contributed by atoms with Crippen molar-refractivity contribution in [3.8, 4) is 0 Å². The normalized spacial score (nSPS) is 9.12. The third kappa shape index (κ3) is 12.1. The Labute approximate surface area is 272 Å². The number of carbonyl (C=O) groups excluding carboxylic acids is 2. The molecule has 0 saturated carbocycles. The van der Waals surface area contributed by atoms with Crippen molar-refractivity contribution >= 4 is 45.0 Å². The van der Waals surface area contributed by atoms with Crippen LogP contribution in [0.4, 0.5) is 11.4 Å². The summed E-state index contributed by atoms with van der Waals surface area (Å²) in [5.74, 6) is -0.167. The van der Waals surface area contributed by atoms with E-state index in [9.17, 15) is 9.59 Å². The number of nitrogens with zero attached hydrogens (tertiary/aromatic N) is 7. The summed E-state index contributed by atoms with van der Waals surface area (Å²) in [6.07, 6.45) is 16.9. The van der Waals surface area contributed by atoms with Gasteiger partial charge in [-0.15, -0.1) is 0 Å². The summed E-state index contributed by atoms with van der Waals surface area (Å²) in [4.78, 5) is 37.2. The number of amides is 1. The van der Waals surface area contributed by atoms with Gasteiger partial charge in [0.25, 0.3) is 0 Å². The number of rotatable bonds is 1. The van der Waals surface area contributed by atoms with Gasteiger partial charge in [0.1, 0.15) is 0 Å². The molecular weight excluding hydrogens is 559 g/mol. The number of carbonyl (C=O) groups is 2. The minimum absolute atomic E-state index is 0. The predicted octanol–water partition coefficient (Wildman–Crippen LogP) is 1.83. The van der Waals surface area contributed by atoms with Gasteiger partial charge in [-0.25, -0.2) is 0 Å². The van der Waals surface area contributed by atoms with E-state index in [4.69, 9.17) is 5.73 Å². The molecule has 0 bridgehead atoms. The van der Waals surface area contributed by atoms with E-state index in [0.29, 0.717) is 0 Å². The van der Waals surface area contributed by atoms with Gasteiger partial charge in [-0.05, 0) is 49.2 Å². The third-order valence-electron chi connectivity index (χ3n) is 5.34. The topological polar surface area (TPSA) is 200 Å². The molecule has 0 aliphatic heterocycles. The van der Waals surface area contributed by atoms with Crippen LogP contribution < -0.4 is 40.6 Å². The third-order valence-corrected chi connectivity index (χ3v) is 5.34. The molecule has 0 saturated heterocycles. The second-order valence-electron chi connectivity index (χ2n) is 8.45. The van der Waals surface area contributed by atoms with Crippen LogP contribution in [0.1, 0.15) is 37.2 Å². The van der Waals surface area contributed by atoms with E-state index in [1.807, 2.05) is 38.1 Å². The monoisotopic (exact) mass is 594 g/mol. The number of nitrogens with two attached hydrogens (primary N) is 1. The Bertz CT molecular complexity index is 1650. The molecule has 5 N–H and O–H groups in total. The summed E-state index contributed by atoms with van der Waals surface area (Å²) >= 11 is 0. The Hall–Kier alpha value is -4.56. The number of nitrogens with one attached hydrogen (secondary N) is 2. The first-order chi connectivity index (χ1) is 19.3. The quantitative estimate of drug-likeness (QED) is 0.236. The molecule has 6 heterocycles. The van der Waals surface area contributed by atoms with Crippen LogP contribution in [-0.4, -0.2) is 57.2 Å². The molecule has 0 unspecified atom stereocenters. The number of fused-ring (bicyclic) bond motifs is 2. The first-order valence-electron chi connectivity index (χ1n) is 12.1. The van der Waals surface area contributed by atoms with E-state index in [2.05, 4.69) is 40.5 Å². The largest absolute Gasteiger partial charge is 1.00 e. The van der Waals surface area contributed by atoms with Crippen molar-refractivity contribution in [1.29, 1.82) is 0 Å². The SMILES string of the molecule is C.CC(=O)Nc1cnccc1C.CC(=O)n1ncc2ccncc21.Cc1ccncc1N.[Na+].[OH-].c1cc2cn[nH]c2cn1. The van der Waals surface area contributed by atoms with Gasteiger partial charge in [0.05, 0.1) is 53.4 Å². The van der Waals surface area contributed by atoms with Crippen LogP contribution in [0, 0.1) is 13.8 Å². The van der Waals surface area contributed by atoms with Crippen LogP contribution in [0.3, 0.4) is 0 Å². The number of hydrogen-bond donors (Lipinski definition) is 3. The van der Waals surface area contributed by atoms with E-state index >= 15 is 0 Å². The fourth-order valence-corrected chi connectivity index (χ4v) is 3.16. The maximum absolute atomic E-state index is 11.0. The van der Waals surface area contributed by atoms with E-state index in [-0.39, 0.29) is 54.3 Å². The summed E-state index contributed by atoms with van der Waals surface area (Å²) in [5, 5.41) is 15.3. The van der Waals surface area contributed by atoms with Gasteiger partial charge >= 0.3 is 29.6 Å². The van der Waals surface area contributed by atoms with Crippen molar-refractivity contribution in [3.05, 3.63) is 97.4 Å². The van der Waals surface area contributed by atoms with Crippen LogP contribution in [0.25, 0.3) is 21.8 Å². The van der Waals surface area contributed by atoms with Crippen molar-refractivity contribution in [2.45, 2.75) is 35.1 Å². The molecule has 0 aromatic carbocycles. The second kappa shape index (κ2) is 19.5. The molecule has 6 aromatic heterocycles. The van der Waals surface area contributed by atoms with E-state index in [0.717, 1.165) is 44.3 Å². The zero-order valence-electron chi connectivity index (χ0n) is 24.1. The van der Waals surface area contributed by atoms with Gasteiger partial charge in [0.2, 0.25) is 11.8 Å². The zero-order valence-corrected chi connectivity index (χ0v) is 26.1. The average molecular weight is 595 g/mol. The van der Waals surface area contributed by atoms with Crippen LogP contribution in [0.5, 0.6) is 0 Å². The Balaban J connectivity index is 0.000000540. The van der Waals surface area contributed by atoms with Crippen LogP contribution in [0.15, 0.2) is 86.2 Å². The Kier molecular flexibility index (Phi) is 17.5. The number of aromatic amines is 1. The Morgan fingerprint density at radius 2 is 1.37 bits per heavy atom. The first-order valence-corrected chi connectivity index (χ1v) is 12.1. The van der Waals surface area contributed by atoms with Gasteiger partial charge in [0.15, 0.2) is 0 Å². The van der Waals surface area contributed by atoms with Gasteiger partial charge in [-0.2, -0.15) is 14.9 Å². The molecule has 6 aromatic rings. The molecule has 0 fully saturated rings. The Morgan fingerprint density at radius 1 is 0.791 bits per heavy atom. The van der Waals surface area contributed by atoms with Crippen molar-refractivity contribution in [1.82, 2.24) is 39.9 Å². The molecule has 0 aliphatic carbocycles. The fraction of sp³-hybridized carbons (Fsp3) is 0.172. The predicted molar refractivity (Wildman–Crippen MR) is 163 cm³/mol. The smallest absolute Gasteiger partial charge is 0.870 e. The number of pyridine rings is 4. The maximum Gasteiger partial charge on any atom is 1.00 e. The van der Waals surface area contributed by atoms with Crippen LogP contribution in [0.2, 0.25) is 0 Å². The summed E-state index contributed by atoms with van der Waals surface area (Å²) < 4.78 is 1.34. The Morgan fingerprint density at radius 3 is 1.93 bits per heavy atom. The van der Waals surface area contributed by atoms with Crippen molar-refractivity contribution in [2.24, 2.45) is 0 Å². The summed E-state index contributed by atoms with van der Waals surface area (Å²) in [6.45, 7) is 6.83. The van der Waals surface area contributed by atoms with Crippen molar-refractivity contribution in [3.63, 3.8) is 0 Å². The van der Waals surface area contributed by atoms with E-state index < -0.39 is 0 Å². The summed E-state index contributed by atoms with van der Waals surface area (Å²) in [5.41, 5.74) is 10.8. The van der Waals surface area contributed by atoms with Gasteiger partial charge in [-0.1, -0.05) is 7.43 Å². The molecule has 1 amide bonds. The van der Waals surface area contributed by atoms with Crippen molar-refractivity contribution < 1.29 is 44.6 Å². The van der Waals surface area contributed by atoms with Crippen LogP contribution in [-0.2, 0) is 4.79 Å². The average Bonchev–Trinajstić information content (AvgIpc) is 3.60. The first kappa shape index (κ1) is 38.4. The number of hydrogen-bond acceptors (Lipinski definition) is 10. The van der Waals surface area contributed by atoms with Crippen LogP contribution >= 0.6 is 0 Å². The molecule has 0 atom stereocenters. The number of aromatic nitrogens is 8. The van der Waals surface area contributed by atoms with Gasteiger partial charge in [-0.3, -0.25) is 34.6 Å². The molecule has 6 rings (SSSR count). The number of aryl methyl sites for hydroxylation is 2. The molecule has 220 valence electrons. The molecule has 14 heteroatoms. The van der Waals surface area contributed by atoms with E-state index in [1.54, 1.807) is 62.0 Å². The van der Waals surface area contributed by atoms with Gasteiger partial charge in [0, 0.05) is 55.6 Å². The van der Waals surface area contributed by atoms with Crippen molar-refractivity contribution in [2.75, 3.05) is 11.1 Å². The number of H-pyrrole nitrogens is 1. The van der Waals surface area contributed by atoms with E-state index in [1.165, 1.54) is 18.5 Å². The maximum atomic E-state index is 11.0.